The highest BCUT2D eigenvalue weighted by Crippen LogP contribution is 2.52. The average Bonchev–Trinajstić information content (AvgIpc) is 3.28. The second kappa shape index (κ2) is 18.5. The van der Waals surface area contributed by atoms with Crippen LogP contribution in [0.3, 0.4) is 0 Å². The van der Waals surface area contributed by atoms with E-state index in [2.05, 4.69) is 16.0 Å². The zero-order chi connectivity index (χ0) is 42.6. The molecule has 7 N–H and O–H groups in total. The quantitative estimate of drug-likeness (QED) is 0.0676. The van der Waals surface area contributed by atoms with Crippen LogP contribution in [0.1, 0.15) is 72.1 Å². The summed E-state index contributed by atoms with van der Waals surface area (Å²) in [5.41, 5.74) is 12.3. The molecule has 6 fully saturated rings. The van der Waals surface area contributed by atoms with Gasteiger partial charge in [-0.05, 0) is 110 Å². The summed E-state index contributed by atoms with van der Waals surface area (Å²) in [6.07, 6.45) is 2.90. The van der Waals surface area contributed by atoms with E-state index in [4.69, 9.17) is 20.9 Å². The Hall–Kier alpha value is -5.66. The normalized spacial score (nSPS) is 27.6. The highest BCUT2D eigenvalue weighted by molar-refractivity contribution is 6.06. The van der Waals surface area contributed by atoms with Crippen molar-refractivity contribution in [3.05, 3.63) is 96.1 Å². The predicted octanol–water partition coefficient (Wildman–Crippen LogP) is 4.64. The monoisotopic (exact) mass is 829 g/mol. The van der Waals surface area contributed by atoms with Gasteiger partial charge >= 0.3 is 11.9 Å². The van der Waals surface area contributed by atoms with E-state index in [1.807, 2.05) is 60.7 Å². The van der Waals surface area contributed by atoms with Crippen LogP contribution in [0.15, 0.2) is 84.9 Å². The molecule has 320 valence electrons. The Morgan fingerprint density at radius 3 is 1.34 bits per heavy atom. The van der Waals surface area contributed by atoms with Gasteiger partial charge in [0, 0.05) is 24.9 Å². The molecule has 6 saturated carbocycles. The van der Waals surface area contributed by atoms with Crippen LogP contribution in [-0.4, -0.2) is 74.0 Å². The van der Waals surface area contributed by atoms with Crippen molar-refractivity contribution in [1.82, 2.24) is 16.0 Å². The van der Waals surface area contributed by atoms with E-state index >= 15 is 0 Å². The Morgan fingerprint density at radius 2 is 0.918 bits per heavy atom. The molecule has 0 spiro atoms. The van der Waals surface area contributed by atoms with Gasteiger partial charge in [0.05, 0.1) is 34.8 Å². The average molecular weight is 830 g/mol. The molecule has 0 aliphatic heterocycles. The van der Waals surface area contributed by atoms with Gasteiger partial charge in [0.25, 0.3) is 0 Å². The summed E-state index contributed by atoms with van der Waals surface area (Å²) < 4.78 is 12.5. The first kappa shape index (κ1) is 42.0. The Morgan fingerprint density at radius 1 is 0.508 bits per heavy atom. The molecule has 0 heterocycles. The SMILES string of the molecule is NCCCNC(=O)C1C2CCC(C(OC(=O)c3cccc4ccccc34)C2)C1C(=O)NC(=O)C1C2CCC(CC2OC(=O)c2cccc3ccccc23)C1C(=O)NCCCN. The molecule has 4 amide bonds. The van der Waals surface area contributed by atoms with E-state index < -0.39 is 71.5 Å². The van der Waals surface area contributed by atoms with Crippen molar-refractivity contribution in [2.24, 2.45) is 58.8 Å². The summed E-state index contributed by atoms with van der Waals surface area (Å²) in [7, 11) is 0. The van der Waals surface area contributed by atoms with Crippen molar-refractivity contribution < 1.29 is 38.2 Å². The number of benzene rings is 4. The van der Waals surface area contributed by atoms with Gasteiger partial charge in [-0.3, -0.25) is 24.5 Å². The summed E-state index contributed by atoms with van der Waals surface area (Å²) in [6, 6.07) is 26.0. The molecule has 4 bridgehead atoms. The molecule has 61 heavy (non-hydrogen) atoms. The van der Waals surface area contributed by atoms with Crippen LogP contribution >= 0.6 is 0 Å². The minimum atomic E-state index is -0.989. The standard InChI is InChI=1S/C48H55N5O8/c49-21-7-23-51-43(54)39-29-17-19-35(37(25-29)60-47(58)33-15-5-11-27-9-1-3-13-31(27)33)41(39)45(56)53-46(57)42-36-20-18-30(40(42)44(55)52-24-8-22-50)26-38(36)61-48(59)34-16-6-12-28-10-2-4-14-32(28)34/h1-6,9-16,29-30,35-42H,7-8,17-26,49-50H2,(H,51,54)(H,52,55)(H,53,56,57). The number of amides is 4. The fourth-order valence-electron chi connectivity index (χ4n) is 11.1. The first-order valence-corrected chi connectivity index (χ1v) is 21.9. The number of nitrogens with two attached hydrogens (primary N) is 2. The Bertz CT molecular complexity index is 2150. The lowest BCUT2D eigenvalue weighted by Crippen LogP contribution is -2.61. The molecule has 6 aliphatic carbocycles. The lowest BCUT2D eigenvalue weighted by Gasteiger charge is -2.51. The number of imide groups is 1. The van der Waals surface area contributed by atoms with Gasteiger partial charge in [0.2, 0.25) is 23.6 Å². The smallest absolute Gasteiger partial charge is 0.339 e. The van der Waals surface area contributed by atoms with Crippen LogP contribution in [0.4, 0.5) is 0 Å². The first-order valence-electron chi connectivity index (χ1n) is 21.9. The lowest BCUT2D eigenvalue weighted by molar-refractivity contribution is -0.162. The van der Waals surface area contributed by atoms with Crippen LogP contribution in [0.25, 0.3) is 21.5 Å². The lowest BCUT2D eigenvalue weighted by atomic mass is 9.56. The molecule has 4 aromatic carbocycles. The Labute approximate surface area is 355 Å². The molecule has 6 aliphatic rings. The van der Waals surface area contributed by atoms with Crippen molar-refractivity contribution in [3.8, 4) is 0 Å². The number of hydrogen-bond acceptors (Lipinski definition) is 10. The van der Waals surface area contributed by atoms with Crippen LogP contribution in [-0.2, 0) is 28.7 Å². The highest BCUT2D eigenvalue weighted by atomic mass is 16.5. The van der Waals surface area contributed by atoms with E-state index in [-0.39, 0.29) is 23.7 Å². The van der Waals surface area contributed by atoms with Crippen molar-refractivity contribution >= 4 is 57.1 Å². The van der Waals surface area contributed by atoms with E-state index in [0.717, 1.165) is 21.5 Å². The molecule has 13 nitrogen and oxygen atoms in total. The molecule has 13 heteroatoms. The maximum Gasteiger partial charge on any atom is 0.339 e. The van der Waals surface area contributed by atoms with Crippen LogP contribution in [0, 0.1) is 47.3 Å². The molecule has 0 aromatic heterocycles. The first-order chi connectivity index (χ1) is 29.7. The van der Waals surface area contributed by atoms with Crippen LogP contribution < -0.4 is 27.4 Å². The minimum Gasteiger partial charge on any atom is -0.458 e. The summed E-state index contributed by atoms with van der Waals surface area (Å²) in [6.45, 7) is 1.43. The maximum absolute atomic E-state index is 14.8. The summed E-state index contributed by atoms with van der Waals surface area (Å²) in [5.74, 6) is -8.11. The zero-order valence-corrected chi connectivity index (χ0v) is 34.3. The van der Waals surface area contributed by atoms with E-state index in [0.29, 0.717) is 88.7 Å². The van der Waals surface area contributed by atoms with Gasteiger partial charge in [-0.25, -0.2) is 9.59 Å². The summed E-state index contributed by atoms with van der Waals surface area (Å²) in [5, 5.41) is 11.9. The topological polar surface area (TPSA) is 209 Å². The number of carbonyl (C=O) groups is 6. The second-order valence-corrected chi connectivity index (χ2v) is 17.2. The van der Waals surface area contributed by atoms with Gasteiger partial charge < -0.3 is 31.6 Å². The van der Waals surface area contributed by atoms with Gasteiger partial charge in [-0.1, -0.05) is 72.8 Å². The molecular formula is C48H55N5O8. The third-order valence-corrected chi connectivity index (χ3v) is 13.8. The molecular weight excluding hydrogens is 775 g/mol. The van der Waals surface area contributed by atoms with Gasteiger partial charge in [0.1, 0.15) is 12.2 Å². The van der Waals surface area contributed by atoms with Crippen LogP contribution in [0.2, 0.25) is 0 Å². The largest absolute Gasteiger partial charge is 0.458 e. The summed E-state index contributed by atoms with van der Waals surface area (Å²) >= 11 is 0. The number of nitrogens with one attached hydrogen (secondary N) is 3. The number of carbonyl (C=O) groups excluding carboxylic acids is 6. The van der Waals surface area contributed by atoms with Crippen molar-refractivity contribution in [2.75, 3.05) is 26.2 Å². The molecule has 10 atom stereocenters. The summed E-state index contributed by atoms with van der Waals surface area (Å²) in [4.78, 5) is 85.1. The van der Waals surface area contributed by atoms with Gasteiger partial charge in [0.15, 0.2) is 0 Å². The molecule has 4 aromatic rings. The minimum absolute atomic E-state index is 0.288. The third kappa shape index (κ3) is 8.50. The number of esters is 2. The van der Waals surface area contributed by atoms with E-state index in [9.17, 15) is 28.8 Å². The van der Waals surface area contributed by atoms with Crippen molar-refractivity contribution in [1.29, 1.82) is 0 Å². The fraction of sp³-hybridized carbons (Fsp3) is 0.458. The maximum atomic E-state index is 14.8. The number of rotatable bonds is 14. The van der Waals surface area contributed by atoms with Crippen molar-refractivity contribution in [2.45, 2.75) is 63.6 Å². The highest BCUT2D eigenvalue weighted by Gasteiger charge is 2.58. The van der Waals surface area contributed by atoms with E-state index in [1.54, 1.807) is 24.3 Å². The van der Waals surface area contributed by atoms with Gasteiger partial charge in [-0.15, -0.1) is 0 Å². The Balaban J connectivity index is 1.06. The molecule has 0 radical (unpaired) electrons. The van der Waals surface area contributed by atoms with Crippen molar-refractivity contribution in [3.63, 3.8) is 0 Å². The number of ether oxygens (including phenoxy) is 2. The third-order valence-electron chi connectivity index (χ3n) is 13.8. The van der Waals surface area contributed by atoms with Gasteiger partial charge in [-0.2, -0.15) is 0 Å². The fourth-order valence-corrected chi connectivity index (χ4v) is 11.1. The molecule has 10 rings (SSSR count). The van der Waals surface area contributed by atoms with Crippen LogP contribution in [0.5, 0.6) is 0 Å². The number of hydrogen-bond donors (Lipinski definition) is 5. The molecule has 0 saturated heterocycles. The predicted molar refractivity (Wildman–Crippen MR) is 228 cm³/mol. The zero-order valence-electron chi connectivity index (χ0n) is 34.3. The second-order valence-electron chi connectivity index (χ2n) is 17.2. The molecule has 10 unspecified atom stereocenters. The Kier molecular flexibility index (Phi) is 12.8. The number of fused-ring (bicyclic) bond motifs is 8. The van der Waals surface area contributed by atoms with E-state index in [1.165, 1.54) is 0 Å².